The summed E-state index contributed by atoms with van der Waals surface area (Å²) in [4.78, 5) is 11.2. The van der Waals surface area contributed by atoms with E-state index in [2.05, 4.69) is 5.32 Å². The van der Waals surface area contributed by atoms with Gasteiger partial charge in [0.15, 0.2) is 0 Å². The lowest BCUT2D eigenvalue weighted by molar-refractivity contribution is -0.132. The molecule has 0 bridgehead atoms. The summed E-state index contributed by atoms with van der Waals surface area (Å²) >= 11 is 0. The van der Waals surface area contributed by atoms with Crippen LogP contribution in [0.5, 0.6) is 0 Å². The number of carbonyl (C=O) groups excluding carboxylic acids is 1. The first-order chi connectivity index (χ1) is 9.29. The Morgan fingerprint density at radius 2 is 1.90 bits per heavy atom. The average molecular weight is 294 g/mol. The number of amides is 2. The van der Waals surface area contributed by atoms with Crippen LogP contribution in [0, 0.1) is 5.82 Å². The molecule has 0 radical (unpaired) electrons. The zero-order chi connectivity index (χ0) is 15.2. The van der Waals surface area contributed by atoms with Crippen LogP contribution in [0.15, 0.2) is 24.3 Å². The van der Waals surface area contributed by atoms with Gasteiger partial charge in [-0.15, -0.1) is 0 Å². The molecule has 0 saturated carbocycles. The normalized spacial score (nSPS) is 12.8. The first-order valence-corrected chi connectivity index (χ1v) is 5.80. The maximum absolute atomic E-state index is 13.3. The van der Waals surface area contributed by atoms with Gasteiger partial charge < -0.3 is 15.7 Å². The highest BCUT2D eigenvalue weighted by atomic mass is 19.4. The molecule has 1 aromatic carbocycles. The van der Waals surface area contributed by atoms with Crippen molar-refractivity contribution < 1.29 is 27.5 Å². The third kappa shape index (κ3) is 5.87. The zero-order valence-electron chi connectivity index (χ0n) is 10.4. The maximum atomic E-state index is 13.3. The molecule has 1 aromatic rings. The van der Waals surface area contributed by atoms with Crippen LogP contribution >= 0.6 is 0 Å². The van der Waals surface area contributed by atoms with E-state index < -0.39 is 37.1 Å². The van der Waals surface area contributed by atoms with E-state index >= 15 is 0 Å². The molecule has 1 rings (SSSR count). The lowest BCUT2D eigenvalue weighted by Gasteiger charge is -2.14. The molecule has 1 unspecified atom stereocenters. The first kappa shape index (κ1) is 16.2. The number of alkyl halides is 3. The van der Waals surface area contributed by atoms with Crippen molar-refractivity contribution >= 4 is 6.03 Å². The molecule has 0 fully saturated rings. The van der Waals surface area contributed by atoms with E-state index in [1.54, 1.807) is 0 Å². The molecule has 0 aliphatic carbocycles. The van der Waals surface area contributed by atoms with Crippen molar-refractivity contribution in [3.05, 3.63) is 35.6 Å². The van der Waals surface area contributed by atoms with Gasteiger partial charge in [0.1, 0.15) is 5.82 Å². The Kier molecular flexibility index (Phi) is 5.75. The minimum absolute atomic E-state index is 0.00286. The van der Waals surface area contributed by atoms with Gasteiger partial charge in [-0.05, 0) is 6.07 Å². The fourth-order valence-corrected chi connectivity index (χ4v) is 1.42. The molecule has 0 spiro atoms. The predicted octanol–water partition coefficient (Wildman–Crippen LogP) is 2.11. The monoisotopic (exact) mass is 294 g/mol. The predicted molar refractivity (Wildman–Crippen MR) is 63.4 cm³/mol. The van der Waals surface area contributed by atoms with E-state index in [9.17, 15) is 27.5 Å². The largest absolute Gasteiger partial charge is 0.390 e. The van der Waals surface area contributed by atoms with Crippen LogP contribution in [-0.2, 0) is 0 Å². The summed E-state index contributed by atoms with van der Waals surface area (Å²) in [6, 6.07) is 4.61. The number of urea groups is 1. The Morgan fingerprint density at radius 3 is 2.50 bits per heavy atom. The lowest BCUT2D eigenvalue weighted by atomic mass is 10.1. The Morgan fingerprint density at radius 1 is 1.25 bits per heavy atom. The van der Waals surface area contributed by atoms with Gasteiger partial charge in [0.25, 0.3) is 0 Å². The number of rotatable bonds is 5. The molecule has 112 valence electrons. The molecule has 8 heteroatoms. The van der Waals surface area contributed by atoms with Gasteiger partial charge in [-0.2, -0.15) is 13.2 Å². The second-order valence-electron chi connectivity index (χ2n) is 4.04. The standard InChI is InChI=1S/C12H14F4N2O2/c13-9-4-2-1-3-8(9)10(19)7-18-11(20)17-6-5-12(14,15)16/h1-4,10,19H,5-7H2,(H2,17,18,20). The summed E-state index contributed by atoms with van der Waals surface area (Å²) in [5, 5.41) is 13.8. The SMILES string of the molecule is O=C(NCCC(F)(F)F)NCC(O)c1ccccc1F. The van der Waals surface area contributed by atoms with E-state index in [4.69, 9.17) is 0 Å². The molecule has 0 aromatic heterocycles. The number of benzene rings is 1. The van der Waals surface area contributed by atoms with Crippen LogP contribution in [0.25, 0.3) is 0 Å². The Bertz CT molecular complexity index is 451. The van der Waals surface area contributed by atoms with Gasteiger partial charge in [-0.1, -0.05) is 18.2 Å². The third-order valence-electron chi connectivity index (χ3n) is 2.41. The summed E-state index contributed by atoms with van der Waals surface area (Å²) in [5.74, 6) is -0.626. The summed E-state index contributed by atoms with van der Waals surface area (Å²) in [7, 11) is 0. The topological polar surface area (TPSA) is 61.4 Å². The lowest BCUT2D eigenvalue weighted by Crippen LogP contribution is -2.39. The van der Waals surface area contributed by atoms with E-state index in [0.717, 1.165) is 6.07 Å². The van der Waals surface area contributed by atoms with Gasteiger partial charge in [-0.3, -0.25) is 0 Å². The van der Waals surface area contributed by atoms with Gasteiger partial charge in [0, 0.05) is 18.7 Å². The van der Waals surface area contributed by atoms with Crippen molar-refractivity contribution in [2.24, 2.45) is 0 Å². The molecular formula is C12H14F4N2O2. The molecule has 4 nitrogen and oxygen atoms in total. The maximum Gasteiger partial charge on any atom is 0.390 e. The highest BCUT2D eigenvalue weighted by molar-refractivity contribution is 5.73. The molecule has 1 atom stereocenters. The highest BCUT2D eigenvalue weighted by Gasteiger charge is 2.26. The molecule has 20 heavy (non-hydrogen) atoms. The van der Waals surface area contributed by atoms with Crippen molar-refractivity contribution in [1.82, 2.24) is 10.6 Å². The van der Waals surface area contributed by atoms with Crippen LogP contribution < -0.4 is 10.6 Å². The van der Waals surface area contributed by atoms with Gasteiger partial charge >= 0.3 is 12.2 Å². The van der Waals surface area contributed by atoms with E-state index in [1.807, 2.05) is 5.32 Å². The number of aliphatic hydroxyl groups is 1. The van der Waals surface area contributed by atoms with Crippen LogP contribution in [0.2, 0.25) is 0 Å². The molecule has 0 heterocycles. The second-order valence-corrected chi connectivity index (χ2v) is 4.04. The fraction of sp³-hybridized carbons (Fsp3) is 0.417. The van der Waals surface area contributed by atoms with Gasteiger partial charge in [0.2, 0.25) is 0 Å². The van der Waals surface area contributed by atoms with Crippen molar-refractivity contribution in [3.8, 4) is 0 Å². The first-order valence-electron chi connectivity index (χ1n) is 5.80. The molecule has 0 aliphatic heterocycles. The van der Waals surface area contributed by atoms with Gasteiger partial charge in [-0.25, -0.2) is 9.18 Å². The number of hydrogen-bond donors (Lipinski definition) is 3. The van der Waals surface area contributed by atoms with Crippen molar-refractivity contribution in [3.63, 3.8) is 0 Å². The highest BCUT2D eigenvalue weighted by Crippen LogP contribution is 2.18. The Labute approximate surface area is 112 Å². The number of hydrogen-bond acceptors (Lipinski definition) is 2. The molecule has 3 N–H and O–H groups in total. The van der Waals surface area contributed by atoms with Crippen molar-refractivity contribution in [2.75, 3.05) is 13.1 Å². The second kappa shape index (κ2) is 7.09. The fourth-order valence-electron chi connectivity index (χ4n) is 1.42. The summed E-state index contributed by atoms with van der Waals surface area (Å²) in [6.07, 6.45) is -6.76. The smallest absolute Gasteiger partial charge is 0.386 e. The Balaban J connectivity index is 2.32. The Hall–Kier alpha value is -1.83. The third-order valence-corrected chi connectivity index (χ3v) is 2.41. The summed E-state index contributed by atoms with van der Waals surface area (Å²) in [6.45, 7) is -0.871. The van der Waals surface area contributed by atoms with Gasteiger partial charge in [0.05, 0.1) is 12.5 Å². The quantitative estimate of drug-likeness (QED) is 0.728. The minimum Gasteiger partial charge on any atom is -0.386 e. The molecule has 2 amide bonds. The van der Waals surface area contributed by atoms with Crippen LogP contribution in [0.3, 0.4) is 0 Å². The van der Waals surface area contributed by atoms with E-state index in [0.29, 0.717) is 0 Å². The van der Waals surface area contributed by atoms with Crippen LogP contribution in [-0.4, -0.2) is 30.4 Å². The zero-order valence-corrected chi connectivity index (χ0v) is 10.4. The van der Waals surface area contributed by atoms with E-state index in [-0.39, 0.29) is 12.1 Å². The minimum atomic E-state index is -4.35. The van der Waals surface area contributed by atoms with Crippen molar-refractivity contribution in [1.29, 1.82) is 0 Å². The van der Waals surface area contributed by atoms with Crippen LogP contribution in [0.1, 0.15) is 18.1 Å². The number of carbonyl (C=O) groups is 1. The van der Waals surface area contributed by atoms with E-state index in [1.165, 1.54) is 18.2 Å². The summed E-state index contributed by atoms with van der Waals surface area (Å²) < 4.78 is 48.8. The molecule has 0 saturated heterocycles. The van der Waals surface area contributed by atoms with Crippen molar-refractivity contribution in [2.45, 2.75) is 18.7 Å². The average Bonchev–Trinajstić information content (AvgIpc) is 2.35. The molecule has 0 aliphatic rings. The number of nitrogens with one attached hydrogen (secondary N) is 2. The van der Waals surface area contributed by atoms with Crippen LogP contribution in [0.4, 0.5) is 22.4 Å². The summed E-state index contributed by atoms with van der Waals surface area (Å²) in [5.41, 5.74) is 0.00286. The number of halogens is 4. The number of aliphatic hydroxyl groups excluding tert-OH is 1. The molecular weight excluding hydrogens is 280 g/mol.